The summed E-state index contributed by atoms with van der Waals surface area (Å²) in [6.45, 7) is 4.73. The number of rotatable bonds is 3. The predicted octanol–water partition coefficient (Wildman–Crippen LogP) is 3.89. The first-order valence-corrected chi connectivity index (χ1v) is 7.76. The number of nitrogens with one attached hydrogen (secondary N) is 1. The van der Waals surface area contributed by atoms with Crippen LogP contribution in [0.3, 0.4) is 0 Å². The second-order valence-corrected chi connectivity index (χ2v) is 6.44. The van der Waals surface area contributed by atoms with Crippen LogP contribution in [0.1, 0.15) is 45.7 Å². The summed E-state index contributed by atoms with van der Waals surface area (Å²) in [5, 5.41) is 13.9. The average Bonchev–Trinajstić information content (AvgIpc) is 2.51. The summed E-state index contributed by atoms with van der Waals surface area (Å²) >= 11 is 5.92. The summed E-state index contributed by atoms with van der Waals surface area (Å²) in [5.74, 6) is -0.465. The molecule has 2 aromatic carbocycles. The minimum atomic E-state index is -0.364. The van der Waals surface area contributed by atoms with Crippen LogP contribution in [0.4, 0.5) is 5.69 Å². The van der Waals surface area contributed by atoms with Gasteiger partial charge in [-0.2, -0.15) is 0 Å². The van der Waals surface area contributed by atoms with Gasteiger partial charge in [-0.1, -0.05) is 25.4 Å². The van der Waals surface area contributed by atoms with Crippen molar-refractivity contribution < 1.29 is 14.7 Å². The fourth-order valence-corrected chi connectivity index (χ4v) is 2.82. The van der Waals surface area contributed by atoms with E-state index in [1.54, 1.807) is 18.2 Å². The molecule has 0 heterocycles. The Labute approximate surface area is 139 Å². The second-order valence-electron chi connectivity index (χ2n) is 6.01. The standard InChI is InChI=1S/C18H16ClNO3/c1-9(2)8-20-14-6-5-12-15(18(14)23)17(22)11-4-3-10(19)7-13(11)16(12)21/h3-7,9,20,23H,8H2,1-2H3. The summed E-state index contributed by atoms with van der Waals surface area (Å²) in [6, 6.07) is 7.77. The number of carbonyl (C=O) groups is 2. The molecule has 0 saturated carbocycles. The highest BCUT2D eigenvalue weighted by Crippen LogP contribution is 2.38. The van der Waals surface area contributed by atoms with Crippen molar-refractivity contribution in [3.05, 3.63) is 57.6 Å². The topological polar surface area (TPSA) is 66.4 Å². The molecule has 0 aliphatic heterocycles. The van der Waals surface area contributed by atoms with Crippen molar-refractivity contribution in [1.82, 2.24) is 0 Å². The number of fused-ring (bicyclic) bond motifs is 2. The molecule has 0 amide bonds. The molecule has 0 bridgehead atoms. The number of hydrogen-bond acceptors (Lipinski definition) is 4. The molecule has 0 saturated heterocycles. The maximum atomic E-state index is 12.7. The number of phenolic OH excluding ortho intramolecular Hbond substituents is 1. The molecule has 0 atom stereocenters. The molecule has 0 unspecified atom stereocenters. The van der Waals surface area contributed by atoms with E-state index in [4.69, 9.17) is 11.6 Å². The Balaban J connectivity index is 2.12. The van der Waals surface area contributed by atoms with Gasteiger partial charge < -0.3 is 10.4 Å². The van der Waals surface area contributed by atoms with Gasteiger partial charge in [0.25, 0.3) is 0 Å². The molecule has 0 spiro atoms. The van der Waals surface area contributed by atoms with Crippen molar-refractivity contribution in [2.75, 3.05) is 11.9 Å². The number of carbonyl (C=O) groups excluding carboxylic acids is 2. The Hall–Kier alpha value is -2.33. The van der Waals surface area contributed by atoms with Gasteiger partial charge in [-0.15, -0.1) is 0 Å². The maximum Gasteiger partial charge on any atom is 0.198 e. The van der Waals surface area contributed by atoms with E-state index in [-0.39, 0.29) is 39.6 Å². The summed E-state index contributed by atoms with van der Waals surface area (Å²) in [5.41, 5.74) is 1.26. The predicted molar refractivity (Wildman–Crippen MR) is 89.8 cm³/mol. The fourth-order valence-electron chi connectivity index (χ4n) is 2.65. The molecule has 3 rings (SSSR count). The third-order valence-corrected chi connectivity index (χ3v) is 4.06. The van der Waals surface area contributed by atoms with E-state index in [1.807, 2.05) is 13.8 Å². The quantitative estimate of drug-likeness (QED) is 0.715. The highest BCUT2D eigenvalue weighted by atomic mass is 35.5. The summed E-state index contributed by atoms with van der Waals surface area (Å²) in [4.78, 5) is 25.3. The van der Waals surface area contributed by atoms with Gasteiger partial charge in [0.2, 0.25) is 0 Å². The number of ketones is 2. The lowest BCUT2D eigenvalue weighted by atomic mass is 9.83. The van der Waals surface area contributed by atoms with E-state index < -0.39 is 0 Å². The largest absolute Gasteiger partial charge is 0.505 e. The van der Waals surface area contributed by atoms with Crippen LogP contribution in [-0.2, 0) is 0 Å². The van der Waals surface area contributed by atoms with Crippen molar-refractivity contribution in [1.29, 1.82) is 0 Å². The minimum absolute atomic E-state index is 0.0542. The first-order chi connectivity index (χ1) is 10.9. The van der Waals surface area contributed by atoms with Gasteiger partial charge in [0, 0.05) is 28.3 Å². The number of benzene rings is 2. The van der Waals surface area contributed by atoms with E-state index >= 15 is 0 Å². The van der Waals surface area contributed by atoms with Gasteiger partial charge in [-0.3, -0.25) is 9.59 Å². The molecule has 1 aliphatic carbocycles. The van der Waals surface area contributed by atoms with Crippen LogP contribution in [0.5, 0.6) is 5.75 Å². The Morgan fingerprint density at radius 1 is 1.04 bits per heavy atom. The lowest BCUT2D eigenvalue weighted by molar-refractivity contribution is 0.0977. The third kappa shape index (κ3) is 2.59. The molecule has 118 valence electrons. The zero-order valence-corrected chi connectivity index (χ0v) is 13.6. The second kappa shape index (κ2) is 5.70. The molecular weight excluding hydrogens is 314 g/mol. The molecule has 4 nitrogen and oxygen atoms in total. The molecule has 23 heavy (non-hydrogen) atoms. The maximum absolute atomic E-state index is 12.7. The Kier molecular flexibility index (Phi) is 3.86. The van der Waals surface area contributed by atoms with E-state index in [1.165, 1.54) is 12.1 Å². The van der Waals surface area contributed by atoms with Crippen molar-refractivity contribution in [2.24, 2.45) is 5.92 Å². The van der Waals surface area contributed by atoms with Crippen molar-refractivity contribution in [3.8, 4) is 5.75 Å². The normalized spacial score (nSPS) is 13.0. The van der Waals surface area contributed by atoms with Gasteiger partial charge in [0.05, 0.1) is 11.3 Å². The van der Waals surface area contributed by atoms with Crippen molar-refractivity contribution in [2.45, 2.75) is 13.8 Å². The van der Waals surface area contributed by atoms with E-state index in [9.17, 15) is 14.7 Å². The average molecular weight is 330 g/mol. The lowest BCUT2D eigenvalue weighted by Crippen LogP contribution is -2.21. The summed E-state index contributed by atoms with van der Waals surface area (Å²) in [6.07, 6.45) is 0. The van der Waals surface area contributed by atoms with Crippen LogP contribution in [0.15, 0.2) is 30.3 Å². The molecule has 0 radical (unpaired) electrons. The van der Waals surface area contributed by atoms with Crippen LogP contribution in [0.2, 0.25) is 5.02 Å². The van der Waals surface area contributed by atoms with Crippen LogP contribution in [-0.4, -0.2) is 23.2 Å². The van der Waals surface area contributed by atoms with E-state index in [0.29, 0.717) is 23.2 Å². The molecule has 1 aliphatic rings. The van der Waals surface area contributed by atoms with Gasteiger partial charge in [0.1, 0.15) is 0 Å². The van der Waals surface area contributed by atoms with Gasteiger partial charge in [0.15, 0.2) is 17.3 Å². The Morgan fingerprint density at radius 3 is 2.43 bits per heavy atom. The fraction of sp³-hybridized carbons (Fsp3) is 0.222. The number of halogens is 1. The Bertz CT molecular complexity index is 827. The van der Waals surface area contributed by atoms with Crippen LogP contribution in [0, 0.1) is 5.92 Å². The molecule has 5 heteroatoms. The molecule has 0 fully saturated rings. The highest BCUT2D eigenvalue weighted by Gasteiger charge is 2.33. The van der Waals surface area contributed by atoms with Crippen molar-refractivity contribution in [3.63, 3.8) is 0 Å². The van der Waals surface area contributed by atoms with Crippen molar-refractivity contribution >= 4 is 28.9 Å². The summed E-state index contributed by atoms with van der Waals surface area (Å²) in [7, 11) is 0. The molecular formula is C18H16ClNO3. The molecule has 2 N–H and O–H groups in total. The van der Waals surface area contributed by atoms with Gasteiger partial charge >= 0.3 is 0 Å². The SMILES string of the molecule is CC(C)CNc1ccc2c(c1O)C(=O)c1ccc(Cl)cc1C2=O. The number of phenols is 1. The molecule has 2 aromatic rings. The zero-order chi connectivity index (χ0) is 16.7. The number of aromatic hydroxyl groups is 1. The highest BCUT2D eigenvalue weighted by molar-refractivity contribution is 6.34. The lowest BCUT2D eigenvalue weighted by Gasteiger charge is -2.20. The number of hydrogen-bond donors (Lipinski definition) is 2. The first-order valence-electron chi connectivity index (χ1n) is 7.39. The van der Waals surface area contributed by atoms with Gasteiger partial charge in [-0.25, -0.2) is 0 Å². The zero-order valence-electron chi connectivity index (χ0n) is 12.8. The van der Waals surface area contributed by atoms with E-state index in [2.05, 4.69) is 5.32 Å². The minimum Gasteiger partial charge on any atom is -0.505 e. The van der Waals surface area contributed by atoms with Crippen LogP contribution < -0.4 is 5.32 Å². The smallest absolute Gasteiger partial charge is 0.198 e. The van der Waals surface area contributed by atoms with Gasteiger partial charge in [-0.05, 0) is 36.2 Å². The third-order valence-electron chi connectivity index (χ3n) is 3.82. The number of anilines is 1. The van der Waals surface area contributed by atoms with E-state index in [0.717, 1.165) is 0 Å². The first kappa shape index (κ1) is 15.6. The monoisotopic (exact) mass is 329 g/mol. The molecule has 0 aromatic heterocycles. The van der Waals surface area contributed by atoms with Crippen LogP contribution >= 0.6 is 11.6 Å². The van der Waals surface area contributed by atoms with Crippen LogP contribution in [0.25, 0.3) is 0 Å². The Morgan fingerprint density at radius 2 is 1.74 bits per heavy atom. The summed E-state index contributed by atoms with van der Waals surface area (Å²) < 4.78 is 0.